The van der Waals surface area contributed by atoms with Crippen LogP contribution in [-0.2, 0) is 0 Å². The maximum atomic E-state index is 12.3. The van der Waals surface area contributed by atoms with Crippen molar-refractivity contribution in [3.63, 3.8) is 0 Å². The number of anilines is 1. The molecule has 0 saturated carbocycles. The van der Waals surface area contributed by atoms with Crippen LogP contribution in [-0.4, -0.2) is 25.7 Å². The van der Waals surface area contributed by atoms with E-state index in [4.69, 9.17) is 16.3 Å². The van der Waals surface area contributed by atoms with E-state index in [1.54, 1.807) is 11.0 Å². The highest BCUT2D eigenvalue weighted by atomic mass is 35.5. The van der Waals surface area contributed by atoms with Gasteiger partial charge in [-0.2, -0.15) is 0 Å². The van der Waals surface area contributed by atoms with Crippen LogP contribution in [0, 0.1) is 6.92 Å². The Bertz CT molecular complexity index is 676. The fraction of sp³-hybridized carbons (Fsp3) is 0.316. The lowest BCUT2D eigenvalue weighted by atomic mass is 10.2. The lowest BCUT2D eigenvalue weighted by Gasteiger charge is -2.22. The molecule has 24 heavy (non-hydrogen) atoms. The summed E-state index contributed by atoms with van der Waals surface area (Å²) in [5, 5.41) is 3.52. The zero-order valence-electron chi connectivity index (χ0n) is 14.1. The van der Waals surface area contributed by atoms with Gasteiger partial charge in [-0.05, 0) is 50.1 Å². The predicted octanol–water partition coefficient (Wildman–Crippen LogP) is 4.65. The summed E-state index contributed by atoms with van der Waals surface area (Å²) in [6.07, 6.45) is 0.711. The number of hydrogen-bond donors (Lipinski definition) is 1. The molecule has 2 amide bonds. The van der Waals surface area contributed by atoms with Crippen molar-refractivity contribution in [3.05, 3.63) is 59.1 Å². The van der Waals surface area contributed by atoms with Crippen molar-refractivity contribution in [2.75, 3.05) is 24.6 Å². The molecule has 0 fully saturated rings. The van der Waals surface area contributed by atoms with Gasteiger partial charge in [-0.15, -0.1) is 0 Å². The van der Waals surface area contributed by atoms with E-state index in [1.807, 2.05) is 56.3 Å². The molecule has 0 radical (unpaired) electrons. The summed E-state index contributed by atoms with van der Waals surface area (Å²) in [6.45, 7) is 5.64. The number of aryl methyl sites for hydroxylation is 1. The Kier molecular flexibility index (Phi) is 6.94. The van der Waals surface area contributed by atoms with Crippen LogP contribution in [0.15, 0.2) is 48.5 Å². The lowest BCUT2D eigenvalue weighted by Crippen LogP contribution is -2.40. The Morgan fingerprint density at radius 2 is 2.00 bits per heavy atom. The first kappa shape index (κ1) is 18.1. The fourth-order valence-electron chi connectivity index (χ4n) is 2.35. The van der Waals surface area contributed by atoms with Gasteiger partial charge >= 0.3 is 6.03 Å². The second-order valence-electron chi connectivity index (χ2n) is 5.45. The van der Waals surface area contributed by atoms with Crippen molar-refractivity contribution < 1.29 is 9.53 Å². The van der Waals surface area contributed by atoms with Gasteiger partial charge in [0.1, 0.15) is 5.75 Å². The molecule has 2 aromatic rings. The van der Waals surface area contributed by atoms with Crippen LogP contribution in [0.3, 0.4) is 0 Å². The summed E-state index contributed by atoms with van der Waals surface area (Å²) in [4.78, 5) is 14.1. The molecule has 0 unspecified atom stereocenters. The van der Waals surface area contributed by atoms with Crippen LogP contribution < -0.4 is 15.0 Å². The molecular weight excluding hydrogens is 324 g/mol. The number of hydrogen-bond acceptors (Lipinski definition) is 2. The fourth-order valence-corrected chi connectivity index (χ4v) is 2.54. The minimum absolute atomic E-state index is 0.0964. The summed E-state index contributed by atoms with van der Waals surface area (Å²) >= 11 is 6.03. The highest BCUT2D eigenvalue weighted by molar-refractivity contribution is 6.32. The quantitative estimate of drug-likeness (QED) is 0.741. The SMILES string of the molecule is CCN(C(=O)NCCCOc1ccccc1Cl)c1cccc(C)c1. The molecule has 0 heterocycles. The largest absolute Gasteiger partial charge is 0.492 e. The molecule has 0 aromatic heterocycles. The van der Waals surface area contributed by atoms with Crippen LogP contribution >= 0.6 is 11.6 Å². The third-order valence-corrected chi connectivity index (χ3v) is 3.88. The summed E-state index contributed by atoms with van der Waals surface area (Å²) in [5.41, 5.74) is 2.04. The van der Waals surface area contributed by atoms with Gasteiger partial charge in [0.05, 0.1) is 11.6 Å². The lowest BCUT2D eigenvalue weighted by molar-refractivity contribution is 0.244. The molecule has 0 aliphatic rings. The number of carbonyl (C=O) groups excluding carboxylic acids is 1. The van der Waals surface area contributed by atoms with Gasteiger partial charge in [-0.25, -0.2) is 4.79 Å². The monoisotopic (exact) mass is 346 g/mol. The van der Waals surface area contributed by atoms with E-state index in [0.29, 0.717) is 36.9 Å². The van der Waals surface area contributed by atoms with Gasteiger partial charge in [-0.3, -0.25) is 4.90 Å². The van der Waals surface area contributed by atoms with Gasteiger partial charge in [0.2, 0.25) is 0 Å². The van der Waals surface area contributed by atoms with E-state index < -0.39 is 0 Å². The average molecular weight is 347 g/mol. The van der Waals surface area contributed by atoms with Gasteiger partial charge in [0.25, 0.3) is 0 Å². The van der Waals surface area contributed by atoms with Crippen LogP contribution in [0.4, 0.5) is 10.5 Å². The number of amides is 2. The van der Waals surface area contributed by atoms with E-state index in [0.717, 1.165) is 11.3 Å². The Balaban J connectivity index is 1.77. The molecule has 5 heteroatoms. The van der Waals surface area contributed by atoms with Crippen LogP contribution in [0.1, 0.15) is 18.9 Å². The molecular formula is C19H23ClN2O2. The maximum Gasteiger partial charge on any atom is 0.321 e. The van der Waals surface area contributed by atoms with Crippen LogP contribution in [0.2, 0.25) is 5.02 Å². The standard InChI is InChI=1S/C19H23ClN2O2/c1-3-22(16-9-6-8-15(2)14-16)19(23)21-12-7-13-24-18-11-5-4-10-17(18)20/h4-6,8-11,14H,3,7,12-13H2,1-2H3,(H,21,23). The van der Waals surface area contributed by atoms with E-state index in [2.05, 4.69) is 5.32 Å². The first-order valence-electron chi connectivity index (χ1n) is 8.11. The van der Waals surface area contributed by atoms with E-state index in [9.17, 15) is 4.79 Å². The number of urea groups is 1. The van der Waals surface area contributed by atoms with Crippen molar-refractivity contribution in [1.29, 1.82) is 0 Å². The van der Waals surface area contributed by atoms with E-state index >= 15 is 0 Å². The molecule has 0 aliphatic heterocycles. The summed E-state index contributed by atoms with van der Waals surface area (Å²) < 4.78 is 5.61. The number of nitrogens with zero attached hydrogens (tertiary/aromatic N) is 1. The molecule has 1 N–H and O–H groups in total. The van der Waals surface area contributed by atoms with Gasteiger partial charge in [0.15, 0.2) is 0 Å². The number of carbonyl (C=O) groups is 1. The molecule has 128 valence electrons. The first-order chi connectivity index (χ1) is 11.6. The second kappa shape index (κ2) is 9.18. The minimum atomic E-state index is -0.0964. The average Bonchev–Trinajstić information content (AvgIpc) is 2.57. The van der Waals surface area contributed by atoms with E-state index in [1.165, 1.54) is 0 Å². The van der Waals surface area contributed by atoms with Crippen molar-refractivity contribution in [1.82, 2.24) is 5.32 Å². The summed E-state index contributed by atoms with van der Waals surface area (Å²) in [5.74, 6) is 0.667. The Hall–Kier alpha value is -2.20. The first-order valence-corrected chi connectivity index (χ1v) is 8.49. The number of rotatable bonds is 7. The molecule has 2 aromatic carbocycles. The number of halogens is 1. The topological polar surface area (TPSA) is 41.6 Å². The number of para-hydroxylation sites is 1. The Labute approximate surface area is 148 Å². The van der Waals surface area contributed by atoms with Gasteiger partial charge < -0.3 is 10.1 Å². The van der Waals surface area contributed by atoms with Crippen LogP contribution in [0.5, 0.6) is 5.75 Å². The molecule has 0 saturated heterocycles. The summed E-state index contributed by atoms with van der Waals surface area (Å²) in [7, 11) is 0. The van der Waals surface area contributed by atoms with Crippen molar-refractivity contribution in [3.8, 4) is 5.75 Å². The smallest absolute Gasteiger partial charge is 0.321 e. The predicted molar refractivity (Wildman–Crippen MR) is 99.2 cm³/mol. The number of nitrogens with one attached hydrogen (secondary N) is 1. The highest BCUT2D eigenvalue weighted by Crippen LogP contribution is 2.23. The van der Waals surface area contributed by atoms with Crippen molar-refractivity contribution in [2.45, 2.75) is 20.3 Å². The normalized spacial score (nSPS) is 10.3. The summed E-state index contributed by atoms with van der Waals surface area (Å²) in [6, 6.07) is 15.2. The zero-order chi connectivity index (χ0) is 17.4. The van der Waals surface area contributed by atoms with Crippen molar-refractivity contribution >= 4 is 23.3 Å². The third kappa shape index (κ3) is 5.17. The zero-order valence-corrected chi connectivity index (χ0v) is 14.8. The second-order valence-corrected chi connectivity index (χ2v) is 5.85. The molecule has 0 bridgehead atoms. The number of ether oxygens (including phenoxy) is 1. The van der Waals surface area contributed by atoms with E-state index in [-0.39, 0.29) is 6.03 Å². The number of benzene rings is 2. The van der Waals surface area contributed by atoms with Gasteiger partial charge in [0, 0.05) is 18.8 Å². The van der Waals surface area contributed by atoms with Crippen molar-refractivity contribution in [2.24, 2.45) is 0 Å². The molecule has 0 atom stereocenters. The minimum Gasteiger partial charge on any atom is -0.492 e. The maximum absolute atomic E-state index is 12.3. The molecule has 0 aliphatic carbocycles. The van der Waals surface area contributed by atoms with Crippen LogP contribution in [0.25, 0.3) is 0 Å². The molecule has 4 nitrogen and oxygen atoms in total. The highest BCUT2D eigenvalue weighted by Gasteiger charge is 2.13. The molecule has 2 rings (SSSR count). The van der Waals surface area contributed by atoms with Gasteiger partial charge in [-0.1, -0.05) is 35.9 Å². The third-order valence-electron chi connectivity index (χ3n) is 3.57. The Morgan fingerprint density at radius 3 is 2.71 bits per heavy atom. The Morgan fingerprint density at radius 1 is 1.21 bits per heavy atom. The molecule has 0 spiro atoms.